The number of hydrogen-bond acceptors (Lipinski definition) is 5. The van der Waals surface area contributed by atoms with Gasteiger partial charge in [0.2, 0.25) is 0 Å². The lowest BCUT2D eigenvalue weighted by molar-refractivity contribution is 0.899. The molecule has 0 amide bonds. The minimum Gasteiger partial charge on any atom is -0.383 e. The monoisotopic (exact) mass is 213 g/mol. The van der Waals surface area contributed by atoms with Gasteiger partial charge in [-0.3, -0.25) is 0 Å². The van der Waals surface area contributed by atoms with E-state index in [9.17, 15) is 0 Å². The molecule has 2 aromatic rings. The zero-order chi connectivity index (χ0) is 11.0. The Morgan fingerprint density at radius 1 is 1.19 bits per heavy atom. The SMILES string of the molecule is Nc1nc(-c2ccncn2)nc2c1CCC2. The predicted octanol–water partition coefficient (Wildman–Crippen LogP) is 1.00. The molecule has 3 rings (SSSR count). The van der Waals surface area contributed by atoms with Crippen molar-refractivity contribution in [3.05, 3.63) is 29.8 Å². The molecule has 0 radical (unpaired) electrons. The molecule has 0 atom stereocenters. The number of rotatable bonds is 1. The van der Waals surface area contributed by atoms with Crippen molar-refractivity contribution in [1.82, 2.24) is 19.9 Å². The summed E-state index contributed by atoms with van der Waals surface area (Å²) in [5, 5.41) is 0. The summed E-state index contributed by atoms with van der Waals surface area (Å²) in [6.45, 7) is 0. The topological polar surface area (TPSA) is 77.6 Å². The van der Waals surface area contributed by atoms with E-state index in [-0.39, 0.29) is 0 Å². The number of fused-ring (bicyclic) bond motifs is 1. The Morgan fingerprint density at radius 2 is 2.12 bits per heavy atom. The summed E-state index contributed by atoms with van der Waals surface area (Å²) in [6.07, 6.45) is 6.25. The van der Waals surface area contributed by atoms with E-state index in [1.165, 1.54) is 6.33 Å². The van der Waals surface area contributed by atoms with Gasteiger partial charge in [0.1, 0.15) is 17.8 Å². The number of anilines is 1. The molecule has 16 heavy (non-hydrogen) atoms. The Morgan fingerprint density at radius 3 is 2.94 bits per heavy atom. The largest absolute Gasteiger partial charge is 0.383 e. The van der Waals surface area contributed by atoms with Crippen LogP contribution in [0.25, 0.3) is 11.5 Å². The number of nitrogens with two attached hydrogens (primary N) is 1. The van der Waals surface area contributed by atoms with Crippen LogP contribution in [0.2, 0.25) is 0 Å². The highest BCUT2D eigenvalue weighted by Crippen LogP contribution is 2.26. The lowest BCUT2D eigenvalue weighted by atomic mass is 10.2. The van der Waals surface area contributed by atoms with E-state index in [2.05, 4.69) is 19.9 Å². The van der Waals surface area contributed by atoms with E-state index in [1.54, 1.807) is 12.3 Å². The molecule has 0 saturated carbocycles. The lowest BCUT2D eigenvalue weighted by Gasteiger charge is -2.05. The van der Waals surface area contributed by atoms with Crippen molar-refractivity contribution in [2.45, 2.75) is 19.3 Å². The highest BCUT2D eigenvalue weighted by atomic mass is 15.0. The summed E-state index contributed by atoms with van der Waals surface area (Å²) in [5.74, 6) is 1.19. The molecule has 0 bridgehead atoms. The molecule has 5 heteroatoms. The van der Waals surface area contributed by atoms with Crippen molar-refractivity contribution in [2.24, 2.45) is 0 Å². The van der Waals surface area contributed by atoms with Crippen LogP contribution in [-0.2, 0) is 12.8 Å². The van der Waals surface area contributed by atoms with E-state index >= 15 is 0 Å². The average molecular weight is 213 g/mol. The van der Waals surface area contributed by atoms with Crippen LogP contribution in [0.3, 0.4) is 0 Å². The van der Waals surface area contributed by atoms with Crippen LogP contribution in [0, 0.1) is 0 Å². The number of aromatic nitrogens is 4. The maximum atomic E-state index is 5.92. The third-order valence-electron chi connectivity index (χ3n) is 2.78. The van der Waals surface area contributed by atoms with E-state index in [1.807, 2.05) is 0 Å². The smallest absolute Gasteiger partial charge is 0.180 e. The van der Waals surface area contributed by atoms with Gasteiger partial charge in [-0.25, -0.2) is 19.9 Å². The minimum atomic E-state index is 0.594. The Balaban J connectivity index is 2.13. The van der Waals surface area contributed by atoms with Gasteiger partial charge in [-0.05, 0) is 25.3 Å². The molecule has 0 saturated heterocycles. The van der Waals surface area contributed by atoms with Gasteiger partial charge >= 0.3 is 0 Å². The fourth-order valence-corrected chi connectivity index (χ4v) is 2.00. The average Bonchev–Trinajstić information content (AvgIpc) is 2.79. The number of hydrogen-bond donors (Lipinski definition) is 1. The highest BCUT2D eigenvalue weighted by Gasteiger charge is 2.18. The Labute approximate surface area is 92.8 Å². The molecule has 0 spiro atoms. The third kappa shape index (κ3) is 1.41. The van der Waals surface area contributed by atoms with E-state index < -0.39 is 0 Å². The summed E-state index contributed by atoms with van der Waals surface area (Å²) in [5.41, 5.74) is 8.81. The predicted molar refractivity (Wildman–Crippen MR) is 59.5 cm³/mol. The van der Waals surface area contributed by atoms with Crippen molar-refractivity contribution in [3.63, 3.8) is 0 Å². The second kappa shape index (κ2) is 3.52. The molecule has 5 nitrogen and oxygen atoms in total. The Kier molecular flexibility index (Phi) is 2.02. The van der Waals surface area contributed by atoms with E-state index in [4.69, 9.17) is 5.73 Å². The standard InChI is InChI=1S/C11H11N5/c12-10-7-2-1-3-8(7)15-11(16-10)9-4-5-13-6-14-9/h4-6H,1-3H2,(H2,12,15,16). The Bertz CT molecular complexity index is 523. The highest BCUT2D eigenvalue weighted by molar-refractivity contribution is 5.55. The number of nitrogens with zero attached hydrogens (tertiary/aromatic N) is 4. The number of nitrogen functional groups attached to an aromatic ring is 1. The van der Waals surface area contributed by atoms with Gasteiger partial charge in [0, 0.05) is 17.5 Å². The number of aryl methyl sites for hydroxylation is 1. The van der Waals surface area contributed by atoms with Gasteiger partial charge in [-0.2, -0.15) is 0 Å². The zero-order valence-corrected chi connectivity index (χ0v) is 8.72. The van der Waals surface area contributed by atoms with Crippen molar-refractivity contribution < 1.29 is 0 Å². The van der Waals surface area contributed by atoms with Crippen LogP contribution in [0.15, 0.2) is 18.6 Å². The van der Waals surface area contributed by atoms with Gasteiger partial charge in [0.25, 0.3) is 0 Å². The quantitative estimate of drug-likeness (QED) is 0.764. The fourth-order valence-electron chi connectivity index (χ4n) is 2.00. The molecule has 0 fully saturated rings. The second-order valence-corrected chi connectivity index (χ2v) is 3.81. The third-order valence-corrected chi connectivity index (χ3v) is 2.78. The van der Waals surface area contributed by atoms with Crippen LogP contribution >= 0.6 is 0 Å². The van der Waals surface area contributed by atoms with Crippen LogP contribution in [0.4, 0.5) is 5.82 Å². The molecule has 0 aliphatic heterocycles. The van der Waals surface area contributed by atoms with Crippen LogP contribution < -0.4 is 5.73 Å². The lowest BCUT2D eigenvalue weighted by Crippen LogP contribution is -2.03. The van der Waals surface area contributed by atoms with Crippen LogP contribution in [-0.4, -0.2) is 19.9 Å². The molecule has 2 aromatic heterocycles. The molecule has 2 heterocycles. The Hall–Kier alpha value is -2.04. The minimum absolute atomic E-state index is 0.594. The van der Waals surface area contributed by atoms with Gasteiger partial charge in [0.05, 0.1) is 0 Å². The van der Waals surface area contributed by atoms with Crippen molar-refractivity contribution >= 4 is 5.82 Å². The molecule has 0 aromatic carbocycles. The molecule has 1 aliphatic rings. The first kappa shape index (κ1) is 9.21. The van der Waals surface area contributed by atoms with Gasteiger partial charge in [-0.15, -0.1) is 0 Å². The first-order valence-corrected chi connectivity index (χ1v) is 5.26. The second-order valence-electron chi connectivity index (χ2n) is 3.81. The maximum Gasteiger partial charge on any atom is 0.180 e. The molecular weight excluding hydrogens is 202 g/mol. The van der Waals surface area contributed by atoms with E-state index in [0.29, 0.717) is 11.6 Å². The van der Waals surface area contributed by atoms with Crippen molar-refractivity contribution in [3.8, 4) is 11.5 Å². The molecule has 2 N–H and O–H groups in total. The maximum absolute atomic E-state index is 5.92. The summed E-state index contributed by atoms with van der Waals surface area (Å²) < 4.78 is 0. The fraction of sp³-hybridized carbons (Fsp3) is 0.273. The first-order chi connectivity index (χ1) is 7.84. The van der Waals surface area contributed by atoms with Gasteiger partial charge < -0.3 is 5.73 Å². The molecular formula is C11H11N5. The normalized spacial score (nSPS) is 13.8. The van der Waals surface area contributed by atoms with Crippen molar-refractivity contribution in [1.29, 1.82) is 0 Å². The zero-order valence-electron chi connectivity index (χ0n) is 8.72. The van der Waals surface area contributed by atoms with Crippen LogP contribution in [0.5, 0.6) is 0 Å². The molecule has 0 unspecified atom stereocenters. The molecule has 1 aliphatic carbocycles. The summed E-state index contributed by atoms with van der Waals surface area (Å²) in [6, 6.07) is 1.79. The first-order valence-electron chi connectivity index (χ1n) is 5.26. The summed E-state index contributed by atoms with van der Waals surface area (Å²) in [4.78, 5) is 16.8. The van der Waals surface area contributed by atoms with Crippen LogP contribution in [0.1, 0.15) is 17.7 Å². The van der Waals surface area contributed by atoms with Crippen molar-refractivity contribution in [2.75, 3.05) is 5.73 Å². The van der Waals surface area contributed by atoms with Gasteiger partial charge in [0.15, 0.2) is 5.82 Å². The summed E-state index contributed by atoms with van der Waals surface area (Å²) in [7, 11) is 0. The van der Waals surface area contributed by atoms with E-state index in [0.717, 1.165) is 36.2 Å². The summed E-state index contributed by atoms with van der Waals surface area (Å²) >= 11 is 0. The molecule has 80 valence electrons. The van der Waals surface area contributed by atoms with Gasteiger partial charge in [-0.1, -0.05) is 0 Å².